The van der Waals surface area contributed by atoms with Gasteiger partial charge in [-0.2, -0.15) is 4.39 Å². The van der Waals surface area contributed by atoms with E-state index >= 15 is 0 Å². The van der Waals surface area contributed by atoms with Gasteiger partial charge < -0.3 is 74.1 Å². The number of halogens is 1. The molecule has 6 aromatic carbocycles. The Hall–Kier alpha value is -12.0. The molecule has 3 aliphatic heterocycles. The van der Waals surface area contributed by atoms with Crippen molar-refractivity contribution >= 4 is 96.1 Å². The zero-order valence-electron chi connectivity index (χ0n) is 61.9. The van der Waals surface area contributed by atoms with Gasteiger partial charge in [-0.25, -0.2) is 29.9 Å². The Morgan fingerprint density at radius 3 is 1.21 bits per heavy atom. The van der Waals surface area contributed by atoms with Crippen LogP contribution in [0.5, 0.6) is 17.2 Å². The van der Waals surface area contributed by atoms with Crippen LogP contribution in [0.2, 0.25) is 0 Å². The first-order valence-corrected chi connectivity index (χ1v) is 35.8. The number of nitro groups is 2. The van der Waals surface area contributed by atoms with E-state index in [2.05, 4.69) is 109 Å². The molecule has 0 spiro atoms. The van der Waals surface area contributed by atoms with Gasteiger partial charge in [-0.1, -0.05) is 82.8 Å². The highest BCUT2D eigenvalue weighted by molar-refractivity contribution is 5.97. The lowest BCUT2D eigenvalue weighted by molar-refractivity contribution is -0.387. The minimum atomic E-state index is -0.983. The highest BCUT2D eigenvalue weighted by Crippen LogP contribution is 2.42. The first kappa shape index (κ1) is 79.6. The molecule has 0 radical (unpaired) electrons. The number of methoxy groups -OCH3 is 3. The molecule has 0 bridgehead atoms. The SMILES string of the molecule is C.C.CCCCN1CCC1.COc1cc(F)c([N+](=O)[O-])cc1Nc1nccc(-c2cn(C)c3ccccc23)n1.COc1cc(N(C)CCN2CCC2)c(N)cc1Nc1nccc(-c2cn(C)c3ccccc23)n1.COc1cc(N(C)CCN2CCC2)c([N+](=O)[O-])cc1Nc1nccc(-c2cn(C)c3ccccc23)n1. The van der Waals surface area contributed by atoms with Crippen molar-refractivity contribution in [1.82, 2.24) is 58.3 Å². The molecule has 12 aromatic rings. The highest BCUT2D eigenvalue weighted by atomic mass is 19.1. The second-order valence-electron chi connectivity index (χ2n) is 26.6. The van der Waals surface area contributed by atoms with Crippen molar-refractivity contribution in [2.24, 2.45) is 21.1 Å². The van der Waals surface area contributed by atoms with Gasteiger partial charge in [-0.3, -0.25) is 20.2 Å². The number of nitrogens with two attached hydrogens (primary N) is 1. The van der Waals surface area contributed by atoms with Crippen molar-refractivity contribution in [3.63, 3.8) is 0 Å². The Morgan fingerprint density at radius 2 is 0.844 bits per heavy atom. The Kier molecular flexibility index (Phi) is 26.7. The molecule has 9 heterocycles. The van der Waals surface area contributed by atoms with E-state index in [4.69, 9.17) is 29.9 Å². The van der Waals surface area contributed by atoms with Gasteiger partial charge in [-0.15, -0.1) is 0 Å². The number of anilines is 9. The summed E-state index contributed by atoms with van der Waals surface area (Å²) in [5.41, 5.74) is 17.8. The van der Waals surface area contributed by atoms with E-state index in [0.717, 1.165) is 117 Å². The van der Waals surface area contributed by atoms with E-state index < -0.39 is 16.4 Å². The molecule has 0 saturated carbocycles. The molecule has 109 heavy (non-hydrogen) atoms. The normalized spacial score (nSPS) is 13.1. The van der Waals surface area contributed by atoms with E-state index in [-0.39, 0.29) is 42.8 Å². The van der Waals surface area contributed by atoms with Gasteiger partial charge in [0.05, 0.1) is 76.7 Å². The van der Waals surface area contributed by atoms with Crippen LogP contribution < -0.4 is 45.7 Å². The zero-order valence-corrected chi connectivity index (χ0v) is 61.9. The number of likely N-dealkylation sites (N-methyl/N-ethyl adjacent to an activating group) is 2. The number of fused-ring (bicyclic) bond motifs is 3. The number of nitrogens with one attached hydrogen (secondary N) is 3. The topological polar surface area (TPSA) is 284 Å². The predicted molar refractivity (Wildman–Crippen MR) is 436 cm³/mol. The smallest absolute Gasteiger partial charge is 0.307 e. The number of hydrogen-bond donors (Lipinski definition) is 4. The molecule has 28 heteroatoms. The molecule has 3 aliphatic rings. The van der Waals surface area contributed by atoms with Crippen LogP contribution in [-0.4, -0.2) is 176 Å². The summed E-state index contributed by atoms with van der Waals surface area (Å²) in [4.78, 5) is 60.2. The largest absolute Gasteiger partial charge is 0.494 e. The van der Waals surface area contributed by atoms with Crippen LogP contribution in [0, 0.1) is 26.0 Å². The molecule has 572 valence electrons. The van der Waals surface area contributed by atoms with Crippen LogP contribution in [-0.2, 0) is 21.1 Å². The molecule has 3 saturated heterocycles. The number of para-hydroxylation sites is 3. The van der Waals surface area contributed by atoms with E-state index in [1.165, 1.54) is 78.0 Å². The lowest BCUT2D eigenvalue weighted by Gasteiger charge is -2.33. The zero-order chi connectivity index (χ0) is 75.3. The number of aryl methyl sites for hydroxylation is 3. The van der Waals surface area contributed by atoms with E-state index in [9.17, 15) is 24.6 Å². The quantitative estimate of drug-likeness (QED) is 0.0235. The van der Waals surface area contributed by atoms with Gasteiger partial charge in [0.1, 0.15) is 22.9 Å². The Labute approximate surface area is 635 Å². The van der Waals surface area contributed by atoms with E-state index in [0.29, 0.717) is 52.7 Å². The number of ether oxygens (including phenoxy) is 3. The molecule has 3 fully saturated rings. The summed E-state index contributed by atoms with van der Waals surface area (Å²) in [6.07, 6.45) is 17.8. The molecule has 0 atom stereocenters. The standard InChI is InChI=1S/C26H29N7O3.C26H31N7O.C20H16FN5O3.C7H15N.2CH4/c1-30(13-14-32-11-6-12-32)23-16-25(36-3)21(15-24(23)33(34)35)29-26-27-10-9-20(28-26)19-17-31(2)22-8-5-4-7-18(19)22;1-31(13-14-33-11-6-12-33)24-16-25(34-3)22(15-20(24)27)30-26-28-10-9-21(29-26)19-17-32(2)23-8-5-4-7-18(19)23;1-25-11-13(12-5-3-4-6-17(12)25)15-7-8-22-20(23-15)24-16-10-18(26(27)28)14(21)9-19(16)29-2;1-2-3-5-8-6-4-7-8;;/h4-5,7-10,15-17H,6,11-14H2,1-3H3,(H,27,28,29);4-5,7-10,15-17H,6,11-14,27H2,1-3H3,(H,28,29,30);3-11H,1-2H3,(H,22,23,24);2-7H2,1H3;2*1H4. The maximum absolute atomic E-state index is 13.9. The molecule has 0 unspecified atom stereocenters. The van der Waals surface area contributed by atoms with Gasteiger partial charge in [-0.05, 0) is 114 Å². The molecule has 0 amide bonds. The molecular formula is C81H99FN20O7. The number of hydrogen-bond acceptors (Lipinski definition) is 22. The van der Waals surface area contributed by atoms with Crippen molar-refractivity contribution < 1.29 is 28.4 Å². The second-order valence-corrected chi connectivity index (χ2v) is 26.6. The number of aromatic nitrogens is 9. The maximum Gasteiger partial charge on any atom is 0.307 e. The maximum atomic E-state index is 13.9. The van der Waals surface area contributed by atoms with Crippen molar-refractivity contribution in [2.45, 2.75) is 53.9 Å². The number of rotatable bonds is 25. The third kappa shape index (κ3) is 18.7. The third-order valence-corrected chi connectivity index (χ3v) is 19.5. The molecular weight excluding hydrogens is 1380 g/mol. The van der Waals surface area contributed by atoms with Gasteiger partial charge in [0.25, 0.3) is 5.69 Å². The fourth-order valence-corrected chi connectivity index (χ4v) is 13.1. The second kappa shape index (κ2) is 36.5. The summed E-state index contributed by atoms with van der Waals surface area (Å²) in [5.74, 6) is 1.31. The molecule has 5 N–H and O–H groups in total. The molecule has 0 aliphatic carbocycles. The van der Waals surface area contributed by atoms with Gasteiger partial charge in [0.15, 0.2) is 0 Å². The fraction of sp³-hybridized carbons (Fsp3) is 0.333. The lowest BCUT2D eigenvalue weighted by atomic mass is 10.1. The van der Waals surface area contributed by atoms with Crippen LogP contribution >= 0.6 is 0 Å². The number of likely N-dealkylation sites (tertiary alicyclic amines) is 3. The number of benzene rings is 6. The first-order valence-electron chi connectivity index (χ1n) is 35.8. The molecule has 6 aromatic heterocycles. The summed E-state index contributed by atoms with van der Waals surface area (Å²) in [5, 5.41) is 35.6. The molecule has 15 rings (SSSR count). The monoisotopic (exact) mass is 1480 g/mol. The van der Waals surface area contributed by atoms with Crippen LogP contribution in [0.4, 0.5) is 67.7 Å². The summed E-state index contributed by atoms with van der Waals surface area (Å²) >= 11 is 0. The Bertz CT molecular complexity index is 5110. The van der Waals surface area contributed by atoms with Gasteiger partial charge in [0, 0.05) is 178 Å². The number of unbranched alkanes of at least 4 members (excludes halogenated alkanes) is 1. The summed E-state index contributed by atoms with van der Waals surface area (Å²) in [7, 11) is 14.5. The van der Waals surface area contributed by atoms with Crippen molar-refractivity contribution in [3.05, 3.63) is 191 Å². The number of nitrogens with zero attached hydrogens (tertiary/aromatic N) is 16. The van der Waals surface area contributed by atoms with Crippen LogP contribution in [0.1, 0.15) is 53.9 Å². The van der Waals surface area contributed by atoms with Gasteiger partial charge >= 0.3 is 5.69 Å². The highest BCUT2D eigenvalue weighted by Gasteiger charge is 2.26. The Balaban J connectivity index is 0.000000165. The molecule has 27 nitrogen and oxygen atoms in total. The van der Waals surface area contributed by atoms with Crippen LogP contribution in [0.3, 0.4) is 0 Å². The minimum Gasteiger partial charge on any atom is -0.494 e. The number of nitro benzene ring substituents is 2. The van der Waals surface area contributed by atoms with Crippen LogP contribution in [0.15, 0.2) is 165 Å². The van der Waals surface area contributed by atoms with Crippen molar-refractivity contribution in [3.8, 4) is 51.0 Å². The lowest BCUT2D eigenvalue weighted by Crippen LogP contribution is -2.41. The Morgan fingerprint density at radius 1 is 0.495 bits per heavy atom. The van der Waals surface area contributed by atoms with Crippen molar-refractivity contribution in [2.75, 3.05) is 139 Å². The fourth-order valence-electron chi connectivity index (χ4n) is 13.1. The predicted octanol–water partition coefficient (Wildman–Crippen LogP) is 15.7. The first-order chi connectivity index (χ1) is 51.9. The summed E-state index contributed by atoms with van der Waals surface area (Å²) < 4.78 is 36.4. The van der Waals surface area contributed by atoms with Crippen molar-refractivity contribution in [1.29, 1.82) is 0 Å². The van der Waals surface area contributed by atoms with E-state index in [1.807, 2.05) is 123 Å². The van der Waals surface area contributed by atoms with Gasteiger partial charge in [0.2, 0.25) is 23.7 Å². The van der Waals surface area contributed by atoms with E-state index in [1.54, 1.807) is 44.9 Å². The average Bonchev–Trinajstić information content (AvgIpc) is 1.76. The van der Waals surface area contributed by atoms with Crippen LogP contribution in [0.25, 0.3) is 66.5 Å². The third-order valence-electron chi connectivity index (χ3n) is 19.5. The summed E-state index contributed by atoms with van der Waals surface area (Å²) in [6, 6.07) is 39.0. The number of nitrogen functional groups attached to an aromatic ring is 1. The minimum absolute atomic E-state index is 0. The average molecular weight is 1480 g/mol. The summed E-state index contributed by atoms with van der Waals surface area (Å²) in [6.45, 7) is 14.4.